The van der Waals surface area contributed by atoms with Crippen LogP contribution in [0.2, 0.25) is 0 Å². The van der Waals surface area contributed by atoms with E-state index in [1.165, 1.54) is 24.9 Å². The van der Waals surface area contributed by atoms with E-state index < -0.39 is 11.2 Å². The third kappa shape index (κ3) is 1.72. The van der Waals surface area contributed by atoms with Crippen LogP contribution in [0.25, 0.3) is 0 Å². The Labute approximate surface area is 107 Å². The molecule has 1 aliphatic rings. The molecule has 0 aromatic carbocycles. The number of fused-ring (bicyclic) bond motifs is 1. The van der Waals surface area contributed by atoms with Crippen molar-refractivity contribution in [2.75, 3.05) is 5.32 Å². The molecule has 0 bridgehead atoms. The Morgan fingerprint density at radius 2 is 1.89 bits per heavy atom. The lowest BCUT2D eigenvalue weighted by atomic mass is 10.2. The van der Waals surface area contributed by atoms with Crippen LogP contribution in [0.15, 0.2) is 25.9 Å². The molecule has 8 nitrogen and oxygen atoms in total. The predicted molar refractivity (Wildman–Crippen MR) is 67.0 cm³/mol. The van der Waals surface area contributed by atoms with E-state index in [9.17, 15) is 9.59 Å². The molecule has 8 heteroatoms. The first-order chi connectivity index (χ1) is 9.01. The van der Waals surface area contributed by atoms with Gasteiger partial charge in [-0.2, -0.15) is 10.5 Å². The summed E-state index contributed by atoms with van der Waals surface area (Å²) in [5.41, 5.74) is -1.07. The van der Waals surface area contributed by atoms with Gasteiger partial charge in [0.1, 0.15) is 17.8 Å². The molecule has 0 radical (unpaired) electrons. The summed E-state index contributed by atoms with van der Waals surface area (Å²) in [4.78, 5) is 27.6. The highest BCUT2D eigenvalue weighted by atomic mass is 16.2. The maximum Gasteiger partial charge on any atom is 0.332 e. The Balaban J connectivity index is 2.79. The fourth-order valence-corrected chi connectivity index (χ4v) is 1.66. The van der Waals surface area contributed by atoms with Gasteiger partial charge >= 0.3 is 5.69 Å². The van der Waals surface area contributed by atoms with Crippen LogP contribution < -0.4 is 16.6 Å². The van der Waals surface area contributed by atoms with Gasteiger partial charge in [-0.25, -0.2) is 9.79 Å². The molecule has 0 saturated heterocycles. The normalized spacial score (nSPS) is 12.1. The molecule has 0 spiro atoms. The second kappa shape index (κ2) is 4.27. The van der Waals surface area contributed by atoms with Gasteiger partial charge in [-0.15, -0.1) is 0 Å². The number of nitriles is 2. The molecule has 94 valence electrons. The summed E-state index contributed by atoms with van der Waals surface area (Å²) in [7, 11) is 2.81. The number of anilines is 1. The number of hydrogen-bond donors (Lipinski definition) is 1. The maximum absolute atomic E-state index is 12.0. The molecule has 2 rings (SSSR count). The third-order valence-corrected chi connectivity index (χ3v) is 2.70. The highest BCUT2D eigenvalue weighted by Crippen LogP contribution is 2.24. The fourth-order valence-electron chi connectivity index (χ4n) is 1.66. The summed E-state index contributed by atoms with van der Waals surface area (Å²) in [6.45, 7) is 0. The van der Waals surface area contributed by atoms with Gasteiger partial charge in [0.15, 0.2) is 11.4 Å². The van der Waals surface area contributed by atoms with E-state index in [1.54, 1.807) is 12.1 Å². The average molecular weight is 256 g/mol. The smallest absolute Gasteiger partial charge is 0.332 e. The molecule has 1 N–H and O–H groups in total. The summed E-state index contributed by atoms with van der Waals surface area (Å²) < 4.78 is 2.12. The van der Waals surface area contributed by atoms with Gasteiger partial charge in [0, 0.05) is 14.1 Å². The summed E-state index contributed by atoms with van der Waals surface area (Å²) in [5.74, 6) is 0.159. The van der Waals surface area contributed by atoms with E-state index in [-0.39, 0.29) is 22.8 Å². The van der Waals surface area contributed by atoms with Crippen molar-refractivity contribution in [3.63, 3.8) is 0 Å². The zero-order chi connectivity index (χ0) is 14.2. The molecule has 19 heavy (non-hydrogen) atoms. The quantitative estimate of drug-likeness (QED) is 0.629. The van der Waals surface area contributed by atoms with E-state index in [1.807, 2.05) is 0 Å². The average Bonchev–Trinajstić information content (AvgIpc) is 2.44. The SMILES string of the molecule is Cn1c2c(c(=O)n(C)c1=O)NC(=C(C#N)C#N)C=N2. The maximum atomic E-state index is 12.0. The first-order valence-corrected chi connectivity index (χ1v) is 5.16. The first-order valence-electron chi connectivity index (χ1n) is 5.16. The van der Waals surface area contributed by atoms with Crippen molar-refractivity contribution in [2.24, 2.45) is 19.1 Å². The number of nitrogens with zero attached hydrogens (tertiary/aromatic N) is 5. The van der Waals surface area contributed by atoms with E-state index >= 15 is 0 Å². The molecule has 1 aromatic rings. The molecular weight excluding hydrogens is 248 g/mol. The summed E-state index contributed by atoms with van der Waals surface area (Å²) >= 11 is 0. The Hall–Kier alpha value is -3.13. The lowest BCUT2D eigenvalue weighted by Crippen LogP contribution is -2.39. The minimum Gasteiger partial charge on any atom is -0.345 e. The van der Waals surface area contributed by atoms with E-state index in [0.717, 1.165) is 4.57 Å². The molecule has 0 aliphatic carbocycles. The molecule has 2 heterocycles. The van der Waals surface area contributed by atoms with Gasteiger partial charge in [-0.1, -0.05) is 0 Å². The van der Waals surface area contributed by atoms with Crippen LogP contribution in [0.3, 0.4) is 0 Å². The molecular formula is C11H8N6O2. The van der Waals surface area contributed by atoms with Crippen molar-refractivity contribution in [3.05, 3.63) is 32.1 Å². The zero-order valence-corrected chi connectivity index (χ0v) is 10.1. The van der Waals surface area contributed by atoms with E-state index in [4.69, 9.17) is 10.5 Å². The van der Waals surface area contributed by atoms with Gasteiger partial charge in [-0.3, -0.25) is 13.9 Å². The van der Waals surface area contributed by atoms with Crippen LogP contribution in [0.1, 0.15) is 0 Å². The predicted octanol–water partition coefficient (Wildman–Crippen LogP) is -0.487. The Morgan fingerprint density at radius 3 is 2.47 bits per heavy atom. The third-order valence-electron chi connectivity index (χ3n) is 2.70. The minimum atomic E-state index is -0.567. The molecule has 1 aromatic heterocycles. The standard InChI is InChI=1S/C11H8N6O2/c1-16-9-8(10(18)17(2)11(16)19)15-7(5-14-9)6(3-12)4-13/h5,15H,1-2H3. The fraction of sp³-hybridized carbons (Fsp3) is 0.182. The largest absolute Gasteiger partial charge is 0.345 e. The van der Waals surface area contributed by atoms with E-state index in [2.05, 4.69) is 10.3 Å². The highest BCUT2D eigenvalue weighted by molar-refractivity contribution is 5.93. The number of aliphatic imine (C=N–C) groups is 1. The molecule has 0 unspecified atom stereocenters. The second-order valence-corrected chi connectivity index (χ2v) is 3.80. The van der Waals surface area contributed by atoms with Crippen LogP contribution in [-0.2, 0) is 14.1 Å². The topological polar surface area (TPSA) is 116 Å². The number of allylic oxidation sites excluding steroid dienone is 2. The lowest BCUT2D eigenvalue weighted by Gasteiger charge is -2.17. The molecule has 0 atom stereocenters. The summed E-state index contributed by atoms with van der Waals surface area (Å²) in [5, 5.41) is 20.2. The van der Waals surface area contributed by atoms with Gasteiger partial charge in [0.2, 0.25) is 0 Å². The molecule has 0 fully saturated rings. The van der Waals surface area contributed by atoms with Crippen molar-refractivity contribution in [1.29, 1.82) is 10.5 Å². The molecule has 0 saturated carbocycles. The zero-order valence-electron chi connectivity index (χ0n) is 10.1. The molecule has 1 aliphatic heterocycles. The highest BCUT2D eigenvalue weighted by Gasteiger charge is 2.20. The monoisotopic (exact) mass is 256 g/mol. The molecule has 0 amide bonds. The second-order valence-electron chi connectivity index (χ2n) is 3.80. The van der Waals surface area contributed by atoms with Crippen molar-refractivity contribution in [1.82, 2.24) is 9.13 Å². The number of hydrogen-bond acceptors (Lipinski definition) is 6. The summed E-state index contributed by atoms with van der Waals surface area (Å²) in [6, 6.07) is 3.40. The Kier molecular flexibility index (Phi) is 2.77. The number of aromatic nitrogens is 2. The lowest BCUT2D eigenvalue weighted by molar-refractivity contribution is 0.691. The van der Waals surface area contributed by atoms with Crippen LogP contribution >= 0.6 is 0 Å². The Morgan fingerprint density at radius 1 is 1.26 bits per heavy atom. The van der Waals surface area contributed by atoms with Gasteiger partial charge in [0.25, 0.3) is 5.56 Å². The van der Waals surface area contributed by atoms with Crippen molar-refractivity contribution in [3.8, 4) is 12.1 Å². The van der Waals surface area contributed by atoms with Crippen LogP contribution in [0.4, 0.5) is 11.5 Å². The van der Waals surface area contributed by atoms with Crippen molar-refractivity contribution >= 4 is 17.7 Å². The Bertz CT molecular complexity index is 809. The van der Waals surface area contributed by atoms with E-state index in [0.29, 0.717) is 0 Å². The van der Waals surface area contributed by atoms with Crippen molar-refractivity contribution < 1.29 is 0 Å². The summed E-state index contributed by atoms with van der Waals surface area (Å²) in [6.07, 6.45) is 1.24. The van der Waals surface area contributed by atoms with Gasteiger partial charge in [0.05, 0.1) is 11.9 Å². The van der Waals surface area contributed by atoms with Crippen LogP contribution in [-0.4, -0.2) is 15.3 Å². The van der Waals surface area contributed by atoms with Gasteiger partial charge in [-0.05, 0) is 0 Å². The van der Waals surface area contributed by atoms with Gasteiger partial charge < -0.3 is 5.32 Å². The van der Waals surface area contributed by atoms with Crippen LogP contribution in [0, 0.1) is 22.7 Å². The van der Waals surface area contributed by atoms with Crippen LogP contribution in [0.5, 0.6) is 0 Å². The van der Waals surface area contributed by atoms with Crippen molar-refractivity contribution in [2.45, 2.75) is 0 Å². The first kappa shape index (κ1) is 12.3. The number of nitrogens with one attached hydrogen (secondary N) is 1. The minimum absolute atomic E-state index is 0.0603. The number of rotatable bonds is 0.